The maximum Gasteiger partial charge on any atom is 0.433 e. The number of rotatable bonds is 6. The van der Waals surface area contributed by atoms with Crippen LogP contribution >= 0.6 is 11.3 Å². The average Bonchev–Trinajstić information content (AvgIpc) is 3.03. The Morgan fingerprint density at radius 3 is 2.81 bits per heavy atom. The second-order valence-electron chi connectivity index (χ2n) is 4.61. The molecule has 0 unspecified atom stereocenters. The van der Waals surface area contributed by atoms with Crippen molar-refractivity contribution in [2.75, 3.05) is 0 Å². The number of nitrogens with zero attached hydrogens (tertiary/aromatic N) is 2. The molecule has 0 bridgehead atoms. The van der Waals surface area contributed by atoms with Crippen LogP contribution in [0.3, 0.4) is 0 Å². The molecule has 0 spiro atoms. The highest BCUT2D eigenvalue weighted by molar-refractivity contribution is 7.12. The van der Waals surface area contributed by atoms with E-state index in [1.165, 1.54) is 23.5 Å². The monoisotopic (exact) mass is 308 g/mol. The van der Waals surface area contributed by atoms with Gasteiger partial charge < -0.3 is 9.62 Å². The molecule has 112 valence electrons. The SMILES string of the molecule is CCCCc1sc(/C=C/c2ccc([N+](=O)[O-])o2)[n+]([O-])c1C. The van der Waals surface area contributed by atoms with Crippen LogP contribution in [-0.2, 0) is 6.42 Å². The Kier molecular flexibility index (Phi) is 4.74. The zero-order valence-corrected chi connectivity index (χ0v) is 12.7. The zero-order chi connectivity index (χ0) is 15.4. The summed E-state index contributed by atoms with van der Waals surface area (Å²) in [5.74, 6) is 0.0403. The summed E-state index contributed by atoms with van der Waals surface area (Å²) in [7, 11) is 0. The summed E-state index contributed by atoms with van der Waals surface area (Å²) in [6.07, 6.45) is 6.22. The number of furan rings is 1. The Morgan fingerprint density at radius 1 is 1.43 bits per heavy atom. The summed E-state index contributed by atoms with van der Waals surface area (Å²) in [5, 5.41) is 23.1. The molecule has 6 nitrogen and oxygen atoms in total. The number of aryl methyl sites for hydroxylation is 1. The standard InChI is InChI=1S/C14H16N2O4S/c1-3-4-5-12-10(2)15(17)14(21-12)9-7-11-6-8-13(20-11)16(18)19/h6-9H,3-5H2,1-2H3/b9-7+. The number of unbranched alkanes of at least 4 members (excludes halogenated alkanes) is 1. The van der Waals surface area contributed by atoms with Crippen molar-refractivity contribution in [1.29, 1.82) is 0 Å². The number of thiazole rings is 1. The average molecular weight is 308 g/mol. The van der Waals surface area contributed by atoms with Gasteiger partial charge in [0.2, 0.25) is 5.69 Å². The minimum absolute atomic E-state index is 0.310. The van der Waals surface area contributed by atoms with E-state index in [0.29, 0.717) is 10.8 Å². The highest BCUT2D eigenvalue weighted by Crippen LogP contribution is 2.22. The molecule has 0 fully saturated rings. The second kappa shape index (κ2) is 6.53. The molecule has 0 aromatic carbocycles. The molecule has 0 aliphatic carbocycles. The van der Waals surface area contributed by atoms with Gasteiger partial charge in [-0.2, -0.15) is 4.73 Å². The Bertz CT molecular complexity index is 673. The zero-order valence-electron chi connectivity index (χ0n) is 11.9. The first-order chi connectivity index (χ1) is 10.0. The first-order valence-electron chi connectivity index (χ1n) is 6.67. The van der Waals surface area contributed by atoms with Crippen LogP contribution in [0.15, 0.2) is 16.5 Å². The lowest BCUT2D eigenvalue weighted by Gasteiger charge is -1.96. The third kappa shape index (κ3) is 3.49. The van der Waals surface area contributed by atoms with Crippen molar-refractivity contribution >= 4 is 29.4 Å². The van der Waals surface area contributed by atoms with Crippen LogP contribution in [-0.4, -0.2) is 4.92 Å². The topological polar surface area (TPSA) is 83.2 Å². The number of hydrogen-bond donors (Lipinski definition) is 0. The fourth-order valence-corrected chi connectivity index (χ4v) is 2.96. The molecule has 7 heteroatoms. The van der Waals surface area contributed by atoms with Crippen LogP contribution < -0.4 is 4.73 Å². The third-order valence-corrected chi connectivity index (χ3v) is 4.33. The van der Waals surface area contributed by atoms with Gasteiger partial charge in [-0.25, -0.2) is 0 Å². The quantitative estimate of drug-likeness (QED) is 0.352. The van der Waals surface area contributed by atoms with E-state index >= 15 is 0 Å². The van der Waals surface area contributed by atoms with E-state index < -0.39 is 4.92 Å². The summed E-state index contributed by atoms with van der Waals surface area (Å²) >= 11 is 1.45. The van der Waals surface area contributed by atoms with Gasteiger partial charge in [0.1, 0.15) is 10.7 Å². The fourth-order valence-electron chi connectivity index (χ4n) is 1.87. The molecule has 2 aromatic heterocycles. The van der Waals surface area contributed by atoms with E-state index in [1.807, 2.05) is 6.92 Å². The van der Waals surface area contributed by atoms with Gasteiger partial charge in [-0.15, -0.1) is 0 Å². The van der Waals surface area contributed by atoms with Gasteiger partial charge in [0.15, 0.2) is 0 Å². The van der Waals surface area contributed by atoms with Gasteiger partial charge in [0.25, 0.3) is 5.01 Å². The van der Waals surface area contributed by atoms with Gasteiger partial charge in [0.05, 0.1) is 10.9 Å². The molecule has 21 heavy (non-hydrogen) atoms. The Morgan fingerprint density at radius 2 is 2.19 bits per heavy atom. The molecule has 2 rings (SSSR count). The summed E-state index contributed by atoms with van der Waals surface area (Å²) in [6, 6.07) is 2.79. The van der Waals surface area contributed by atoms with Gasteiger partial charge in [0, 0.05) is 13.0 Å². The molecule has 0 aliphatic rings. The highest BCUT2D eigenvalue weighted by atomic mass is 32.1. The van der Waals surface area contributed by atoms with Crippen LogP contribution in [0.2, 0.25) is 0 Å². The van der Waals surface area contributed by atoms with Crippen molar-refractivity contribution in [1.82, 2.24) is 0 Å². The largest absolute Gasteiger partial charge is 0.617 e. The number of hydrogen-bond acceptors (Lipinski definition) is 5. The molecule has 0 saturated heterocycles. The molecule has 2 aromatic rings. The molecule has 0 amide bonds. The van der Waals surface area contributed by atoms with Crippen LogP contribution in [0.25, 0.3) is 12.2 Å². The van der Waals surface area contributed by atoms with Crippen molar-refractivity contribution in [2.24, 2.45) is 0 Å². The molecule has 0 N–H and O–H groups in total. The second-order valence-corrected chi connectivity index (χ2v) is 5.73. The van der Waals surface area contributed by atoms with Crippen LogP contribution in [0.5, 0.6) is 0 Å². The van der Waals surface area contributed by atoms with E-state index in [2.05, 4.69) is 6.92 Å². The predicted octanol–water partition coefficient (Wildman–Crippen LogP) is 3.70. The van der Waals surface area contributed by atoms with E-state index in [-0.39, 0.29) is 5.88 Å². The van der Waals surface area contributed by atoms with Gasteiger partial charge in [-0.1, -0.05) is 24.7 Å². The van der Waals surface area contributed by atoms with Crippen LogP contribution in [0.4, 0.5) is 5.88 Å². The highest BCUT2D eigenvalue weighted by Gasteiger charge is 2.17. The summed E-state index contributed by atoms with van der Waals surface area (Å²) in [5.41, 5.74) is 0.721. The molecular weight excluding hydrogens is 292 g/mol. The van der Waals surface area contributed by atoms with E-state index in [9.17, 15) is 15.3 Å². The van der Waals surface area contributed by atoms with Crippen LogP contribution in [0.1, 0.15) is 41.1 Å². The maximum absolute atomic E-state index is 12.0. The molecule has 0 saturated carbocycles. The van der Waals surface area contributed by atoms with Gasteiger partial charge in [-0.05, 0) is 25.0 Å². The minimum Gasteiger partial charge on any atom is -0.617 e. The van der Waals surface area contributed by atoms with E-state index in [1.54, 1.807) is 12.2 Å². The first kappa shape index (κ1) is 15.2. The number of nitro groups is 1. The Balaban J connectivity index is 2.18. The summed E-state index contributed by atoms with van der Waals surface area (Å²) in [4.78, 5) is 11.0. The molecule has 0 atom stereocenters. The Labute approximate surface area is 126 Å². The third-order valence-electron chi connectivity index (χ3n) is 3.08. The van der Waals surface area contributed by atoms with Crippen molar-refractivity contribution in [2.45, 2.75) is 33.1 Å². The normalized spacial score (nSPS) is 11.3. The summed E-state index contributed by atoms with van der Waals surface area (Å²) < 4.78 is 5.91. The molecule has 0 aliphatic heterocycles. The summed E-state index contributed by atoms with van der Waals surface area (Å²) in [6.45, 7) is 3.92. The lowest BCUT2D eigenvalue weighted by Crippen LogP contribution is -2.30. The fraction of sp³-hybridized carbons (Fsp3) is 0.357. The van der Waals surface area contributed by atoms with E-state index in [0.717, 1.165) is 34.6 Å². The smallest absolute Gasteiger partial charge is 0.433 e. The van der Waals surface area contributed by atoms with Crippen molar-refractivity contribution in [3.63, 3.8) is 0 Å². The van der Waals surface area contributed by atoms with Crippen molar-refractivity contribution < 1.29 is 14.1 Å². The van der Waals surface area contributed by atoms with Crippen molar-refractivity contribution in [3.05, 3.63) is 48.8 Å². The lowest BCUT2D eigenvalue weighted by atomic mass is 10.2. The molecule has 0 radical (unpaired) electrons. The number of aromatic nitrogens is 1. The first-order valence-corrected chi connectivity index (χ1v) is 7.48. The van der Waals surface area contributed by atoms with Gasteiger partial charge in [-0.3, -0.25) is 10.1 Å². The molecular formula is C14H16N2O4S. The Hall–Kier alpha value is -2.15. The lowest BCUT2D eigenvalue weighted by molar-refractivity contribution is -0.608. The maximum atomic E-state index is 12.0. The van der Waals surface area contributed by atoms with E-state index in [4.69, 9.17) is 4.42 Å². The van der Waals surface area contributed by atoms with Gasteiger partial charge >= 0.3 is 5.88 Å². The predicted molar refractivity (Wildman–Crippen MR) is 80.9 cm³/mol. The van der Waals surface area contributed by atoms with Crippen molar-refractivity contribution in [3.8, 4) is 0 Å². The minimum atomic E-state index is -0.594. The van der Waals surface area contributed by atoms with Crippen LogP contribution in [0, 0.1) is 22.2 Å². The molecule has 2 heterocycles.